The van der Waals surface area contributed by atoms with Crippen molar-refractivity contribution in [2.24, 2.45) is 17.8 Å². The molecule has 0 aromatic rings. The number of carbonyl (C=O) groups is 2. The molecule has 0 radical (unpaired) electrons. The van der Waals surface area contributed by atoms with Crippen LogP contribution in [0.4, 0.5) is 4.39 Å². The molecule has 0 saturated carbocycles. The zero-order chi connectivity index (χ0) is 37.3. The van der Waals surface area contributed by atoms with Crippen molar-refractivity contribution in [3.63, 3.8) is 0 Å². The molecular formula is C38H74ClFN4O2. The Kier molecular flexibility index (Phi) is 43.1. The van der Waals surface area contributed by atoms with Crippen LogP contribution < -0.4 is 16.0 Å². The maximum atomic E-state index is 12.6. The molecule has 4 unspecified atom stereocenters. The van der Waals surface area contributed by atoms with Crippen molar-refractivity contribution in [2.45, 2.75) is 121 Å². The highest BCUT2D eigenvalue weighted by molar-refractivity contribution is 6.31. The molecule has 272 valence electrons. The fraction of sp³-hybridized carbons (Fsp3) is 0.684. The third kappa shape index (κ3) is 30.4. The standard InChI is InChI=1S/C27H43ClFN3O2.C4H10.C3H9N.2C2H6/c1-9-19(4)25(15-12-20(5)26(33)30-7)21(6)32(8)17-16-24(11-3)31-27(34)22(10-2)13-14-23(28)18-29;1-4(2)3;1-3-4-2;2*1-2/h10,12-15,18,20-22,24H,2,9,11,16-17H2,1,3-8H3,(H,30,33)(H,31,34);4H,1-3H3;4H,3H2,1-2H3;2*1-2H3/b14-13?,15-12-,23-18-,25-19+;;;;. The van der Waals surface area contributed by atoms with E-state index in [4.69, 9.17) is 11.6 Å². The van der Waals surface area contributed by atoms with Crippen LogP contribution in [-0.2, 0) is 9.59 Å². The normalized spacial score (nSPS) is 14.1. The van der Waals surface area contributed by atoms with Gasteiger partial charge in [-0.05, 0) is 71.3 Å². The average Bonchev–Trinajstić information content (AvgIpc) is 3.07. The van der Waals surface area contributed by atoms with Gasteiger partial charge in [0.2, 0.25) is 11.8 Å². The van der Waals surface area contributed by atoms with Gasteiger partial charge >= 0.3 is 0 Å². The molecule has 0 spiro atoms. The van der Waals surface area contributed by atoms with Gasteiger partial charge in [0.25, 0.3) is 0 Å². The number of allylic oxidation sites excluding steroid dienone is 3. The summed E-state index contributed by atoms with van der Waals surface area (Å²) in [5.74, 6) is -0.161. The minimum absolute atomic E-state index is 0.00583. The van der Waals surface area contributed by atoms with E-state index in [1.165, 1.54) is 29.4 Å². The number of rotatable bonds is 16. The fourth-order valence-corrected chi connectivity index (χ4v) is 3.45. The summed E-state index contributed by atoms with van der Waals surface area (Å²) in [5.41, 5.74) is 2.48. The van der Waals surface area contributed by atoms with Crippen LogP contribution in [0.1, 0.15) is 109 Å². The molecule has 0 aliphatic heterocycles. The Balaban J connectivity index is -0.000000402. The van der Waals surface area contributed by atoms with Crippen molar-refractivity contribution in [3.05, 3.63) is 59.5 Å². The van der Waals surface area contributed by atoms with E-state index in [1.807, 2.05) is 54.7 Å². The first kappa shape index (κ1) is 53.3. The second-order valence-corrected chi connectivity index (χ2v) is 11.4. The van der Waals surface area contributed by atoms with Gasteiger partial charge in [0.1, 0.15) is 6.33 Å². The topological polar surface area (TPSA) is 73.5 Å². The third-order valence-corrected chi connectivity index (χ3v) is 6.71. The summed E-state index contributed by atoms with van der Waals surface area (Å²) in [5, 5.41) is 8.59. The number of hydrogen-bond donors (Lipinski definition) is 3. The van der Waals surface area contributed by atoms with Crippen LogP contribution in [-0.4, -0.2) is 63.0 Å². The van der Waals surface area contributed by atoms with Gasteiger partial charge < -0.3 is 16.0 Å². The SMILES string of the molecule is C=CC(C=C/C(Cl)=C/F)C(=O)NC(CC)CCN(C)C(C)C(/C=C\C(C)C(=O)NC)=C(\C)CC.CC.CC.CC(C)C.CCNC. The molecular weight excluding hydrogens is 599 g/mol. The van der Waals surface area contributed by atoms with E-state index in [1.54, 1.807) is 7.05 Å². The molecule has 3 N–H and O–H groups in total. The first-order valence-corrected chi connectivity index (χ1v) is 17.6. The predicted molar refractivity (Wildman–Crippen MR) is 205 cm³/mol. The number of carbonyl (C=O) groups excluding carboxylic acids is 2. The first-order valence-electron chi connectivity index (χ1n) is 17.2. The molecule has 0 saturated heterocycles. The van der Waals surface area contributed by atoms with E-state index in [0.717, 1.165) is 38.3 Å². The van der Waals surface area contributed by atoms with Crippen molar-refractivity contribution in [2.75, 3.05) is 34.2 Å². The molecule has 0 rings (SSSR count). The molecule has 4 atom stereocenters. The lowest BCUT2D eigenvalue weighted by atomic mass is 9.97. The number of nitrogens with zero attached hydrogens (tertiary/aromatic N) is 1. The largest absolute Gasteiger partial charge is 0.359 e. The molecule has 46 heavy (non-hydrogen) atoms. The van der Waals surface area contributed by atoms with E-state index >= 15 is 0 Å². The molecule has 0 heterocycles. The number of likely N-dealkylation sites (N-methyl/N-ethyl adjacent to an activating group) is 1. The van der Waals surface area contributed by atoms with Crippen LogP contribution in [0.2, 0.25) is 0 Å². The van der Waals surface area contributed by atoms with Gasteiger partial charge in [0, 0.05) is 25.7 Å². The van der Waals surface area contributed by atoms with Crippen LogP contribution in [0.5, 0.6) is 0 Å². The van der Waals surface area contributed by atoms with Crippen molar-refractivity contribution in [1.82, 2.24) is 20.9 Å². The van der Waals surface area contributed by atoms with E-state index < -0.39 is 5.92 Å². The monoisotopic (exact) mass is 673 g/mol. The number of hydrogen-bond acceptors (Lipinski definition) is 4. The number of halogens is 2. The summed E-state index contributed by atoms with van der Waals surface area (Å²) in [6.07, 6.45) is 11.2. The highest BCUT2D eigenvalue weighted by atomic mass is 35.5. The van der Waals surface area contributed by atoms with Gasteiger partial charge in [-0.25, -0.2) is 4.39 Å². The average molecular weight is 673 g/mol. The molecule has 8 heteroatoms. The Hall–Kier alpha value is -2.22. The summed E-state index contributed by atoms with van der Waals surface area (Å²) in [6.45, 7) is 32.4. The maximum Gasteiger partial charge on any atom is 0.230 e. The zero-order valence-electron chi connectivity index (χ0n) is 32.6. The van der Waals surface area contributed by atoms with Gasteiger partial charge in [-0.2, -0.15) is 0 Å². The van der Waals surface area contributed by atoms with Crippen LogP contribution in [0.15, 0.2) is 59.5 Å². The fourth-order valence-electron chi connectivity index (χ4n) is 3.38. The van der Waals surface area contributed by atoms with Crippen LogP contribution >= 0.6 is 11.6 Å². The van der Waals surface area contributed by atoms with Crippen molar-refractivity contribution < 1.29 is 14.0 Å². The number of amides is 2. The first-order chi connectivity index (χ1) is 21.7. The van der Waals surface area contributed by atoms with Gasteiger partial charge in [-0.15, -0.1) is 6.58 Å². The Labute approximate surface area is 290 Å². The zero-order valence-corrected chi connectivity index (χ0v) is 33.4. The van der Waals surface area contributed by atoms with Crippen molar-refractivity contribution >= 4 is 23.4 Å². The van der Waals surface area contributed by atoms with E-state index in [0.29, 0.717) is 0 Å². The minimum Gasteiger partial charge on any atom is -0.359 e. The molecule has 2 amide bonds. The molecule has 0 aromatic heterocycles. The van der Waals surface area contributed by atoms with Gasteiger partial charge in [0.05, 0.1) is 16.9 Å². The lowest BCUT2D eigenvalue weighted by Gasteiger charge is -2.29. The molecule has 0 aliphatic rings. The van der Waals surface area contributed by atoms with E-state index in [9.17, 15) is 14.0 Å². The van der Waals surface area contributed by atoms with Crippen molar-refractivity contribution in [3.8, 4) is 0 Å². The summed E-state index contributed by atoms with van der Waals surface area (Å²) in [7, 11) is 5.64. The second kappa shape index (κ2) is 37.2. The minimum atomic E-state index is -0.589. The Bertz CT molecular complexity index is 864. The highest BCUT2D eigenvalue weighted by Crippen LogP contribution is 2.20. The highest BCUT2D eigenvalue weighted by Gasteiger charge is 2.19. The Morgan fingerprint density at radius 2 is 1.43 bits per heavy atom. The van der Waals surface area contributed by atoms with E-state index in [-0.39, 0.29) is 41.2 Å². The summed E-state index contributed by atoms with van der Waals surface area (Å²) < 4.78 is 12.4. The quantitative estimate of drug-likeness (QED) is 0.113. The number of nitrogens with one attached hydrogen (secondary N) is 3. The molecule has 0 bridgehead atoms. The van der Waals surface area contributed by atoms with Crippen LogP contribution in [0, 0.1) is 17.8 Å². The smallest absolute Gasteiger partial charge is 0.230 e. The molecule has 0 fully saturated rings. The van der Waals surface area contributed by atoms with Gasteiger partial charge in [0.15, 0.2) is 0 Å². The van der Waals surface area contributed by atoms with E-state index in [2.05, 4.69) is 89.0 Å². The van der Waals surface area contributed by atoms with Crippen LogP contribution in [0.3, 0.4) is 0 Å². The third-order valence-electron chi connectivity index (χ3n) is 6.51. The molecule has 6 nitrogen and oxygen atoms in total. The van der Waals surface area contributed by atoms with Gasteiger partial charge in [-0.1, -0.05) is 118 Å². The molecule has 0 aromatic carbocycles. The maximum absolute atomic E-state index is 12.6. The molecule has 0 aliphatic carbocycles. The van der Waals surface area contributed by atoms with Crippen molar-refractivity contribution in [1.29, 1.82) is 0 Å². The Morgan fingerprint density at radius 1 is 0.935 bits per heavy atom. The lowest BCUT2D eigenvalue weighted by Crippen LogP contribution is -2.41. The van der Waals surface area contributed by atoms with Crippen LogP contribution in [0.25, 0.3) is 0 Å². The lowest BCUT2D eigenvalue weighted by molar-refractivity contribution is -0.123. The Morgan fingerprint density at radius 3 is 1.80 bits per heavy atom. The second-order valence-electron chi connectivity index (χ2n) is 11.0. The summed E-state index contributed by atoms with van der Waals surface area (Å²) in [4.78, 5) is 26.8. The summed E-state index contributed by atoms with van der Waals surface area (Å²) >= 11 is 5.64. The summed E-state index contributed by atoms with van der Waals surface area (Å²) in [6, 6.07) is 0.147. The predicted octanol–water partition coefficient (Wildman–Crippen LogP) is 9.60. The van der Waals surface area contributed by atoms with Gasteiger partial charge in [-0.3, -0.25) is 14.5 Å².